The third kappa shape index (κ3) is 1.71. The molecule has 1 aromatic heterocycles. The van der Waals surface area contributed by atoms with Gasteiger partial charge in [-0.05, 0) is 0 Å². The van der Waals surface area contributed by atoms with E-state index in [9.17, 15) is 0 Å². The van der Waals surface area contributed by atoms with E-state index in [1.807, 2.05) is 6.20 Å². The molecule has 0 radical (unpaired) electrons. The Kier molecular flexibility index (Phi) is 2.71. The molecule has 0 aliphatic carbocycles. The molecule has 0 aromatic carbocycles. The van der Waals surface area contributed by atoms with Crippen molar-refractivity contribution < 1.29 is 21.2 Å². The molecule has 1 heterocycles. The van der Waals surface area contributed by atoms with Crippen LogP contribution < -0.4 is 21.2 Å². The Morgan fingerprint density at radius 1 is 1.60 bits per heavy atom. The van der Waals surface area contributed by atoms with Gasteiger partial charge in [0.15, 0.2) is 0 Å². The van der Waals surface area contributed by atoms with Crippen molar-refractivity contribution in [2.45, 2.75) is 19.8 Å². The third-order valence-corrected chi connectivity index (χ3v) is 2.94. The zero-order valence-corrected chi connectivity index (χ0v) is 8.64. The first-order valence-electron chi connectivity index (χ1n) is 3.28. The Hall–Kier alpha value is -0.0600. The normalized spacial score (nSPS) is 11.2. The number of hydrogen-bond acceptors (Lipinski definition) is 1. The Bertz CT molecular complexity index is 205. The molecule has 3 heteroatoms. The van der Waals surface area contributed by atoms with Crippen molar-refractivity contribution in [2.75, 3.05) is 4.93 Å². The van der Waals surface area contributed by atoms with Crippen LogP contribution in [0.3, 0.4) is 0 Å². The molecule has 1 N–H and O–H groups in total. The number of hydrogen-bond donors (Lipinski definition) is 1. The minimum absolute atomic E-state index is 0.138. The molecule has 0 amide bonds. The van der Waals surface area contributed by atoms with Crippen LogP contribution in [0.25, 0.3) is 0 Å². The van der Waals surface area contributed by atoms with Gasteiger partial charge in [0.05, 0.1) is 0 Å². The van der Waals surface area contributed by atoms with Crippen LogP contribution in [0.5, 0.6) is 0 Å². The molecule has 1 aromatic rings. The van der Waals surface area contributed by atoms with Crippen LogP contribution in [-0.4, -0.2) is 14.9 Å². The average Bonchev–Trinajstić information content (AvgIpc) is 2.34. The number of imidazole rings is 1. The number of alkyl halides is 1. The number of rotatable bonds is 2. The zero-order valence-electron chi connectivity index (χ0n) is 6.48. The standard InChI is InChI=1S/C7H12IN2/c1-5(2)6-4-9-7(8-3)10-6/h4-5H,1-3H3,(H,9,10)/q-1. The fourth-order valence-corrected chi connectivity index (χ4v) is 1.70. The second kappa shape index (κ2) is 3.37. The molecule has 58 valence electrons. The summed E-state index contributed by atoms with van der Waals surface area (Å²) in [5, 5.41) is 0. The van der Waals surface area contributed by atoms with Gasteiger partial charge in [0.2, 0.25) is 0 Å². The van der Waals surface area contributed by atoms with Gasteiger partial charge in [-0.1, -0.05) is 0 Å². The molecule has 2 nitrogen and oxygen atoms in total. The topological polar surface area (TPSA) is 28.7 Å². The predicted octanol–water partition coefficient (Wildman–Crippen LogP) is -1.58. The molecule has 0 fully saturated rings. The molecule has 0 bridgehead atoms. The number of nitrogens with zero attached hydrogens (tertiary/aromatic N) is 1. The van der Waals surface area contributed by atoms with E-state index in [0.717, 1.165) is 0 Å². The van der Waals surface area contributed by atoms with Gasteiger partial charge < -0.3 is 0 Å². The number of halogens is 1. The van der Waals surface area contributed by atoms with Gasteiger partial charge in [-0.25, -0.2) is 0 Å². The third-order valence-electron chi connectivity index (χ3n) is 1.37. The van der Waals surface area contributed by atoms with Crippen molar-refractivity contribution in [1.29, 1.82) is 0 Å². The summed E-state index contributed by atoms with van der Waals surface area (Å²) in [6, 6.07) is 0. The van der Waals surface area contributed by atoms with Crippen molar-refractivity contribution >= 4 is 0 Å². The van der Waals surface area contributed by atoms with Gasteiger partial charge in [-0.3, -0.25) is 0 Å². The van der Waals surface area contributed by atoms with E-state index in [0.29, 0.717) is 5.92 Å². The fourth-order valence-electron chi connectivity index (χ4n) is 0.699. The van der Waals surface area contributed by atoms with E-state index in [1.165, 1.54) is 9.53 Å². The summed E-state index contributed by atoms with van der Waals surface area (Å²) < 4.78 is 1.20. The Labute approximate surface area is 71.7 Å². The van der Waals surface area contributed by atoms with Crippen molar-refractivity contribution in [3.8, 4) is 0 Å². The maximum absolute atomic E-state index is 4.25. The molecule has 0 aliphatic rings. The number of aromatic nitrogens is 2. The molecule has 0 aliphatic heterocycles. The predicted molar refractivity (Wildman–Crippen MR) is 37.3 cm³/mol. The fraction of sp³-hybridized carbons (Fsp3) is 0.571. The Morgan fingerprint density at radius 3 is 2.60 bits per heavy atom. The van der Waals surface area contributed by atoms with E-state index in [2.05, 4.69) is 28.7 Å². The van der Waals surface area contributed by atoms with Crippen LogP contribution >= 0.6 is 0 Å². The molecule has 1 rings (SSSR count). The number of H-pyrrole nitrogens is 1. The van der Waals surface area contributed by atoms with Crippen molar-refractivity contribution in [1.82, 2.24) is 9.97 Å². The Balaban J connectivity index is 2.78. The van der Waals surface area contributed by atoms with Crippen LogP contribution in [0, 0.1) is 3.83 Å². The summed E-state index contributed by atoms with van der Waals surface area (Å²) in [7, 11) is 0. The maximum atomic E-state index is 4.25. The van der Waals surface area contributed by atoms with Crippen molar-refractivity contribution in [2.24, 2.45) is 0 Å². The summed E-state index contributed by atoms with van der Waals surface area (Å²) >= 11 is 0.138. The van der Waals surface area contributed by atoms with E-state index in [1.54, 1.807) is 0 Å². The second-order valence-corrected chi connectivity index (χ2v) is 4.57. The van der Waals surface area contributed by atoms with Gasteiger partial charge in [0, 0.05) is 0 Å². The van der Waals surface area contributed by atoms with Crippen molar-refractivity contribution in [3.63, 3.8) is 0 Å². The van der Waals surface area contributed by atoms with E-state index >= 15 is 0 Å². The second-order valence-electron chi connectivity index (χ2n) is 2.47. The molecule has 0 saturated heterocycles. The molecule has 0 spiro atoms. The molecule has 10 heavy (non-hydrogen) atoms. The monoisotopic (exact) mass is 251 g/mol. The van der Waals surface area contributed by atoms with Gasteiger partial charge in [-0.15, -0.1) is 0 Å². The van der Waals surface area contributed by atoms with E-state index in [4.69, 9.17) is 0 Å². The van der Waals surface area contributed by atoms with Gasteiger partial charge in [0.1, 0.15) is 0 Å². The minimum atomic E-state index is 0.138. The summed E-state index contributed by atoms with van der Waals surface area (Å²) in [5.74, 6) is 0.580. The Morgan fingerprint density at radius 2 is 2.30 bits per heavy atom. The van der Waals surface area contributed by atoms with Crippen LogP contribution in [0.4, 0.5) is 0 Å². The molecule has 0 saturated carbocycles. The molecule has 0 unspecified atom stereocenters. The first-order chi connectivity index (χ1) is 4.74. The van der Waals surface area contributed by atoms with Gasteiger partial charge >= 0.3 is 71.6 Å². The van der Waals surface area contributed by atoms with E-state index in [-0.39, 0.29) is 21.2 Å². The van der Waals surface area contributed by atoms with Crippen LogP contribution in [0.15, 0.2) is 6.20 Å². The number of aromatic amines is 1. The first kappa shape index (κ1) is 8.04. The zero-order chi connectivity index (χ0) is 7.56. The summed E-state index contributed by atoms with van der Waals surface area (Å²) in [6.07, 6.45) is 1.95. The molecular weight excluding hydrogens is 239 g/mol. The summed E-state index contributed by atoms with van der Waals surface area (Å²) in [6.45, 7) is 4.34. The SMILES string of the molecule is C[I-]c1ncc(C(C)C)[nH]1. The quantitative estimate of drug-likeness (QED) is 0.499. The molecular formula is C7H12IN2-. The van der Waals surface area contributed by atoms with Gasteiger partial charge in [-0.2, -0.15) is 0 Å². The summed E-state index contributed by atoms with van der Waals surface area (Å²) in [4.78, 5) is 9.76. The van der Waals surface area contributed by atoms with Crippen LogP contribution in [0.2, 0.25) is 0 Å². The van der Waals surface area contributed by atoms with Crippen molar-refractivity contribution in [3.05, 3.63) is 15.7 Å². The van der Waals surface area contributed by atoms with Crippen LogP contribution in [-0.2, 0) is 0 Å². The van der Waals surface area contributed by atoms with Gasteiger partial charge in [0.25, 0.3) is 0 Å². The van der Waals surface area contributed by atoms with Crippen LogP contribution in [0.1, 0.15) is 25.5 Å². The number of nitrogens with one attached hydrogen (secondary N) is 1. The first-order valence-corrected chi connectivity index (χ1v) is 6.52. The summed E-state index contributed by atoms with van der Waals surface area (Å²) in [5.41, 5.74) is 1.26. The van der Waals surface area contributed by atoms with E-state index < -0.39 is 0 Å². The molecule has 0 atom stereocenters. The average molecular weight is 251 g/mol.